The molecule has 34 heavy (non-hydrogen) atoms. The molecule has 0 saturated carbocycles. The first-order chi connectivity index (χ1) is 15.6. The van der Waals surface area contributed by atoms with Crippen molar-refractivity contribution in [3.63, 3.8) is 0 Å². The van der Waals surface area contributed by atoms with Crippen molar-refractivity contribution in [2.75, 3.05) is 19.9 Å². The number of nitro groups is 1. The second-order valence-electron chi connectivity index (χ2n) is 9.10. The minimum absolute atomic E-state index is 0.0299. The van der Waals surface area contributed by atoms with Crippen LogP contribution >= 0.6 is 0 Å². The summed E-state index contributed by atoms with van der Waals surface area (Å²) in [5.41, 5.74) is -1.71. The molecule has 1 N–H and O–H groups in total. The summed E-state index contributed by atoms with van der Waals surface area (Å²) in [6.45, 7) is 6.42. The first kappa shape index (κ1) is 28.0. The van der Waals surface area contributed by atoms with Gasteiger partial charge >= 0.3 is 0 Å². The summed E-state index contributed by atoms with van der Waals surface area (Å²) in [4.78, 5) is 10.6. The Morgan fingerprint density at radius 2 is 1.74 bits per heavy atom. The van der Waals surface area contributed by atoms with E-state index in [1.165, 1.54) is 21.1 Å². The van der Waals surface area contributed by atoms with Crippen LogP contribution < -0.4 is 9.46 Å². The Hall–Kier alpha value is -2.25. The van der Waals surface area contributed by atoms with E-state index in [9.17, 15) is 27.5 Å². The van der Waals surface area contributed by atoms with Gasteiger partial charge in [0.1, 0.15) is 21.9 Å². The summed E-state index contributed by atoms with van der Waals surface area (Å²) in [5.74, 6) is -0.914. The van der Waals surface area contributed by atoms with Gasteiger partial charge in [0.15, 0.2) is 0 Å². The summed E-state index contributed by atoms with van der Waals surface area (Å²) in [5, 5.41) is 11.3. The van der Waals surface area contributed by atoms with E-state index in [4.69, 9.17) is 4.74 Å². The molecule has 0 spiro atoms. The first-order valence-electron chi connectivity index (χ1n) is 10.3. The molecule has 0 aromatic heterocycles. The fraction of sp³-hybridized carbons (Fsp3) is 0.455. The van der Waals surface area contributed by atoms with Crippen molar-refractivity contribution in [2.45, 2.75) is 44.5 Å². The Bertz CT molecular complexity index is 1120. The van der Waals surface area contributed by atoms with Gasteiger partial charge in [0.2, 0.25) is 10.0 Å². The van der Waals surface area contributed by atoms with Gasteiger partial charge in [-0.1, -0.05) is 12.1 Å². The molecule has 0 fully saturated rings. The van der Waals surface area contributed by atoms with Gasteiger partial charge in [-0.25, -0.2) is 17.1 Å². The topological polar surface area (TPSA) is 125 Å². The van der Waals surface area contributed by atoms with Crippen LogP contribution in [-0.2, 0) is 33.5 Å². The molecular weight excluding hydrogens is 485 g/mol. The number of halogens is 1. The number of hydrogen-bond acceptors (Lipinski definition) is 7. The zero-order valence-corrected chi connectivity index (χ0v) is 21.6. The first-order valence-corrected chi connectivity index (χ1v) is 13.1. The van der Waals surface area contributed by atoms with E-state index in [1.807, 2.05) is 0 Å². The Morgan fingerprint density at radius 1 is 1.15 bits per heavy atom. The van der Waals surface area contributed by atoms with Gasteiger partial charge in [-0.2, -0.15) is 0 Å². The minimum Gasteiger partial charge on any atom is -0.598 e. The van der Waals surface area contributed by atoms with Crippen LogP contribution in [0.1, 0.15) is 38.8 Å². The summed E-state index contributed by atoms with van der Waals surface area (Å²) in [6, 6.07) is 9.71. The van der Waals surface area contributed by atoms with Crippen LogP contribution in [0.4, 0.5) is 10.1 Å². The fourth-order valence-electron chi connectivity index (χ4n) is 3.13. The molecule has 0 unspecified atom stereocenters. The smallest absolute Gasteiger partial charge is 0.269 e. The number of rotatable bonds is 10. The zero-order chi connectivity index (χ0) is 25.9. The van der Waals surface area contributed by atoms with E-state index in [2.05, 4.69) is 4.72 Å². The maximum absolute atomic E-state index is 14.9. The molecule has 0 radical (unpaired) electrons. The van der Waals surface area contributed by atoms with Crippen molar-refractivity contribution < 1.29 is 27.0 Å². The predicted octanol–water partition coefficient (Wildman–Crippen LogP) is 3.47. The zero-order valence-electron chi connectivity index (χ0n) is 20.0. The van der Waals surface area contributed by atoms with Crippen molar-refractivity contribution in [3.05, 3.63) is 69.5 Å². The third-order valence-electron chi connectivity index (χ3n) is 5.14. The van der Waals surface area contributed by atoms with E-state index in [0.717, 1.165) is 22.5 Å². The summed E-state index contributed by atoms with van der Waals surface area (Å²) in [7, 11) is -1.15. The van der Waals surface area contributed by atoms with E-state index < -0.39 is 53.9 Å². The molecule has 0 aliphatic rings. The van der Waals surface area contributed by atoms with Crippen LogP contribution in [0.15, 0.2) is 42.5 Å². The van der Waals surface area contributed by atoms with Crippen molar-refractivity contribution in [1.82, 2.24) is 9.03 Å². The van der Waals surface area contributed by atoms with Crippen molar-refractivity contribution in [3.8, 4) is 5.75 Å². The molecular formula is C22H30FN3O6S2. The van der Waals surface area contributed by atoms with Crippen LogP contribution in [0.3, 0.4) is 0 Å². The molecule has 2 aromatic rings. The lowest BCUT2D eigenvalue weighted by Gasteiger charge is -2.36. The number of methoxy groups -OCH3 is 1. The number of nitrogens with one attached hydrogen (secondary N) is 1. The van der Waals surface area contributed by atoms with Gasteiger partial charge in [-0.3, -0.25) is 10.1 Å². The number of nitrogens with zero attached hydrogens (tertiary/aromatic N) is 2. The van der Waals surface area contributed by atoms with E-state index in [0.29, 0.717) is 11.3 Å². The van der Waals surface area contributed by atoms with Crippen LogP contribution in [0.25, 0.3) is 0 Å². The summed E-state index contributed by atoms with van der Waals surface area (Å²) in [6.07, 6.45) is 0. The highest BCUT2D eigenvalue weighted by Crippen LogP contribution is 2.32. The van der Waals surface area contributed by atoms with Gasteiger partial charge in [-0.15, -0.1) is 4.72 Å². The van der Waals surface area contributed by atoms with Crippen LogP contribution in [0, 0.1) is 15.9 Å². The Labute approximate surface area is 202 Å². The van der Waals surface area contributed by atoms with E-state index in [-0.39, 0.29) is 12.1 Å². The largest absolute Gasteiger partial charge is 0.598 e. The maximum Gasteiger partial charge on any atom is 0.269 e. The Kier molecular flexibility index (Phi) is 8.70. The predicted molar refractivity (Wildman–Crippen MR) is 130 cm³/mol. The Balaban J connectivity index is 2.46. The molecule has 0 aliphatic carbocycles. The van der Waals surface area contributed by atoms with Gasteiger partial charge < -0.3 is 9.29 Å². The van der Waals surface area contributed by atoms with E-state index in [1.54, 1.807) is 45.0 Å². The molecule has 0 amide bonds. The second-order valence-corrected chi connectivity index (χ2v) is 13.1. The lowest BCUT2D eigenvalue weighted by molar-refractivity contribution is -0.385. The van der Waals surface area contributed by atoms with Gasteiger partial charge in [0.25, 0.3) is 5.69 Å². The van der Waals surface area contributed by atoms with Crippen molar-refractivity contribution >= 4 is 27.1 Å². The third-order valence-corrected chi connectivity index (χ3v) is 8.91. The average Bonchev–Trinajstić information content (AvgIpc) is 2.73. The van der Waals surface area contributed by atoms with Crippen molar-refractivity contribution in [2.24, 2.45) is 0 Å². The Morgan fingerprint density at radius 3 is 2.24 bits per heavy atom. The molecule has 0 aliphatic heterocycles. The molecule has 0 saturated heterocycles. The second kappa shape index (κ2) is 10.6. The standard InChI is InChI=1S/C22H30FN3O6S2/c1-21(2,3)33(29)24-22(4,19-13-17(26(27)28)9-12-20(19)23)15-34(30,31)25(5)14-16-7-10-18(32-6)11-8-16/h7-13,24H,14-15H2,1-6H3/t22-,33-/m0/s1. The number of benzene rings is 2. The molecule has 0 bridgehead atoms. The molecule has 0 heterocycles. The van der Waals surface area contributed by atoms with Crippen LogP contribution in [0.5, 0.6) is 5.75 Å². The SMILES string of the molecule is COc1ccc(CN(C)S(=O)(=O)C[C@](C)(N[S@@+]([O-])C(C)(C)C)c2cc([N+](=O)[O-])ccc2F)cc1. The molecule has 12 heteroatoms. The maximum atomic E-state index is 14.9. The molecule has 188 valence electrons. The fourth-order valence-corrected chi connectivity index (χ4v) is 5.64. The van der Waals surface area contributed by atoms with Gasteiger partial charge in [-0.05, 0) is 51.5 Å². The number of ether oxygens (including phenoxy) is 1. The van der Waals surface area contributed by atoms with Crippen LogP contribution in [-0.4, -0.2) is 46.9 Å². The van der Waals surface area contributed by atoms with Gasteiger partial charge in [0.05, 0.1) is 17.8 Å². The normalized spacial score (nSPS) is 15.1. The van der Waals surface area contributed by atoms with Crippen LogP contribution in [0.2, 0.25) is 0 Å². The number of nitro benzene ring substituents is 1. The molecule has 9 nitrogen and oxygen atoms in total. The highest BCUT2D eigenvalue weighted by atomic mass is 32.2. The number of non-ortho nitro benzene ring substituents is 1. The lowest BCUT2D eigenvalue weighted by Crippen LogP contribution is -2.54. The summed E-state index contributed by atoms with van der Waals surface area (Å²) < 4.78 is 62.6. The highest BCUT2D eigenvalue weighted by Gasteiger charge is 2.43. The quantitative estimate of drug-likeness (QED) is 0.292. The lowest BCUT2D eigenvalue weighted by atomic mass is 9.94. The average molecular weight is 516 g/mol. The molecule has 2 atom stereocenters. The minimum atomic E-state index is -4.05. The monoisotopic (exact) mass is 515 g/mol. The van der Waals surface area contributed by atoms with Gasteiger partial charge in [0, 0.05) is 42.7 Å². The molecule has 2 rings (SSSR count). The van der Waals surface area contributed by atoms with Crippen molar-refractivity contribution in [1.29, 1.82) is 0 Å². The highest BCUT2D eigenvalue weighted by molar-refractivity contribution is 7.91. The number of sulfonamides is 1. The third kappa shape index (κ3) is 6.89. The molecule has 2 aromatic carbocycles. The summed E-state index contributed by atoms with van der Waals surface area (Å²) >= 11 is -1.81. The number of hydrogen-bond donors (Lipinski definition) is 1. The van der Waals surface area contributed by atoms with E-state index >= 15 is 0 Å².